The molecule has 1 aliphatic rings. The zero-order valence-electron chi connectivity index (χ0n) is 16.6. The molecule has 29 heavy (non-hydrogen) atoms. The maximum absolute atomic E-state index is 11.7. The van der Waals surface area contributed by atoms with Crippen LogP contribution in [0.2, 0.25) is 0 Å². The van der Waals surface area contributed by atoms with Crippen LogP contribution in [0.5, 0.6) is 11.5 Å². The number of benzene rings is 2. The molecule has 0 radical (unpaired) electrons. The van der Waals surface area contributed by atoms with E-state index in [9.17, 15) is 18.6 Å². The van der Waals surface area contributed by atoms with Crippen molar-refractivity contribution >= 4 is 10.1 Å². The van der Waals surface area contributed by atoms with Crippen LogP contribution in [0.4, 0.5) is 0 Å². The Balaban J connectivity index is 1.73. The molecule has 1 unspecified atom stereocenters. The fourth-order valence-corrected chi connectivity index (χ4v) is 3.99. The van der Waals surface area contributed by atoms with Crippen molar-refractivity contribution in [2.45, 2.75) is 38.3 Å². The third-order valence-electron chi connectivity index (χ3n) is 5.31. The van der Waals surface area contributed by atoms with E-state index in [4.69, 9.17) is 13.7 Å². The maximum Gasteiger partial charge on any atom is 0.264 e. The summed E-state index contributed by atoms with van der Waals surface area (Å²) in [6.45, 7) is 3.32. The molecule has 158 valence electrons. The van der Waals surface area contributed by atoms with E-state index in [0.717, 1.165) is 11.8 Å². The first-order valence-corrected chi connectivity index (χ1v) is 11.0. The summed E-state index contributed by atoms with van der Waals surface area (Å²) >= 11 is 0. The number of hydrogen-bond donors (Lipinski definition) is 2. The summed E-state index contributed by atoms with van der Waals surface area (Å²) in [5, 5.41) is 20.9. The van der Waals surface area contributed by atoms with Gasteiger partial charge in [0.05, 0.1) is 12.4 Å². The molecule has 1 aliphatic carbocycles. The number of hydrogen-bond acceptors (Lipinski definition) is 7. The zero-order chi connectivity index (χ0) is 21.3. The van der Waals surface area contributed by atoms with Crippen LogP contribution in [0.3, 0.4) is 0 Å². The Kier molecular flexibility index (Phi) is 5.91. The minimum atomic E-state index is -3.88. The first-order valence-electron chi connectivity index (χ1n) is 9.23. The van der Waals surface area contributed by atoms with Crippen molar-refractivity contribution in [3.8, 4) is 11.5 Å². The SMILES string of the molecule is CC1(C)C(O)[C@]1(O)[C@H](COc1ccccc1OCc1ccccc1)OS(C)(=O)=O. The van der Waals surface area contributed by atoms with E-state index in [1.807, 2.05) is 30.3 Å². The Hall–Kier alpha value is -2.13. The summed E-state index contributed by atoms with van der Waals surface area (Å²) < 4.78 is 40.0. The van der Waals surface area contributed by atoms with Crippen LogP contribution in [0.1, 0.15) is 19.4 Å². The molecule has 0 spiro atoms. The standard InChI is InChI=1S/C21H26O7S/c1-20(2)19(22)21(20,23)18(28-29(3,24)25)14-27-17-12-8-7-11-16(17)26-13-15-9-5-4-6-10-15/h4-12,18-19,22-23H,13-14H2,1-3H3/t18-,19?,21+/m0/s1. The maximum atomic E-state index is 11.7. The van der Waals surface area contributed by atoms with Crippen molar-refractivity contribution in [1.29, 1.82) is 0 Å². The molecule has 1 fully saturated rings. The fourth-order valence-electron chi connectivity index (χ4n) is 3.37. The molecule has 1 saturated carbocycles. The van der Waals surface area contributed by atoms with E-state index in [-0.39, 0.29) is 6.61 Å². The Bertz CT molecular complexity index is 943. The predicted molar refractivity (Wildman–Crippen MR) is 107 cm³/mol. The second-order valence-corrected chi connectivity index (χ2v) is 9.37. The number of aliphatic hydroxyl groups is 2. The van der Waals surface area contributed by atoms with Gasteiger partial charge in [-0.15, -0.1) is 0 Å². The lowest BCUT2D eigenvalue weighted by atomic mass is 10.0. The molecule has 7 nitrogen and oxygen atoms in total. The van der Waals surface area contributed by atoms with Crippen LogP contribution in [-0.2, 0) is 20.9 Å². The molecular weight excluding hydrogens is 396 g/mol. The third-order valence-corrected chi connectivity index (χ3v) is 5.89. The lowest BCUT2D eigenvalue weighted by molar-refractivity contribution is -0.0430. The van der Waals surface area contributed by atoms with Crippen molar-refractivity contribution in [2.75, 3.05) is 12.9 Å². The lowest BCUT2D eigenvalue weighted by Crippen LogP contribution is -2.42. The van der Waals surface area contributed by atoms with Crippen LogP contribution in [0, 0.1) is 5.41 Å². The van der Waals surface area contributed by atoms with E-state index in [1.165, 1.54) is 0 Å². The quantitative estimate of drug-likeness (QED) is 0.597. The van der Waals surface area contributed by atoms with Gasteiger partial charge in [0.15, 0.2) is 11.5 Å². The molecule has 0 aliphatic heterocycles. The van der Waals surface area contributed by atoms with Gasteiger partial charge in [-0.1, -0.05) is 56.3 Å². The largest absolute Gasteiger partial charge is 0.487 e. The van der Waals surface area contributed by atoms with Crippen LogP contribution in [0.15, 0.2) is 54.6 Å². The number of ether oxygens (including phenoxy) is 2. The fraction of sp³-hybridized carbons (Fsp3) is 0.429. The zero-order valence-corrected chi connectivity index (χ0v) is 17.4. The van der Waals surface area contributed by atoms with E-state index < -0.39 is 33.3 Å². The normalized spacial score (nSPS) is 24.0. The van der Waals surface area contributed by atoms with Crippen molar-refractivity contribution in [2.24, 2.45) is 5.41 Å². The Labute approximate surface area is 171 Å². The van der Waals surface area contributed by atoms with Gasteiger partial charge >= 0.3 is 0 Å². The molecule has 2 aromatic carbocycles. The van der Waals surface area contributed by atoms with Gasteiger partial charge in [-0.3, -0.25) is 4.18 Å². The summed E-state index contributed by atoms with van der Waals surface area (Å²) in [6.07, 6.45) is -1.51. The number of para-hydroxylation sites is 2. The van der Waals surface area contributed by atoms with Gasteiger partial charge in [0.1, 0.15) is 24.9 Å². The molecule has 2 aromatic rings. The summed E-state index contributed by atoms with van der Waals surface area (Å²) in [5.74, 6) is 0.846. The highest BCUT2D eigenvalue weighted by molar-refractivity contribution is 7.86. The van der Waals surface area contributed by atoms with Crippen LogP contribution in [-0.4, -0.2) is 49.3 Å². The first-order chi connectivity index (χ1) is 13.6. The molecule has 0 saturated heterocycles. The summed E-state index contributed by atoms with van der Waals surface area (Å²) in [7, 11) is -3.88. The molecule has 3 atom stereocenters. The highest BCUT2D eigenvalue weighted by Crippen LogP contribution is 2.58. The van der Waals surface area contributed by atoms with E-state index in [1.54, 1.807) is 38.1 Å². The van der Waals surface area contributed by atoms with Crippen LogP contribution in [0.25, 0.3) is 0 Å². The second kappa shape index (κ2) is 7.95. The predicted octanol–water partition coefficient (Wildman–Crippen LogP) is 2.12. The summed E-state index contributed by atoms with van der Waals surface area (Å²) in [5.41, 5.74) is -1.68. The smallest absolute Gasteiger partial charge is 0.264 e. The van der Waals surface area contributed by atoms with Crippen LogP contribution >= 0.6 is 0 Å². The van der Waals surface area contributed by atoms with Gasteiger partial charge < -0.3 is 19.7 Å². The Morgan fingerprint density at radius 3 is 2.03 bits per heavy atom. The minimum absolute atomic E-state index is 0.282. The molecule has 8 heteroatoms. The molecule has 2 N–H and O–H groups in total. The molecule has 0 aromatic heterocycles. The molecule has 0 amide bonds. The Morgan fingerprint density at radius 2 is 1.52 bits per heavy atom. The van der Waals surface area contributed by atoms with Gasteiger partial charge in [0, 0.05) is 5.41 Å². The summed E-state index contributed by atoms with van der Waals surface area (Å²) in [6, 6.07) is 16.6. The van der Waals surface area contributed by atoms with Gasteiger partial charge in [0.2, 0.25) is 0 Å². The highest BCUT2D eigenvalue weighted by atomic mass is 32.2. The van der Waals surface area contributed by atoms with Gasteiger partial charge in [-0.05, 0) is 17.7 Å². The second-order valence-electron chi connectivity index (χ2n) is 7.77. The molecule has 0 heterocycles. The average molecular weight is 422 g/mol. The van der Waals surface area contributed by atoms with Crippen LogP contribution < -0.4 is 9.47 Å². The van der Waals surface area contributed by atoms with Crippen molar-refractivity contribution in [3.05, 3.63) is 60.2 Å². The van der Waals surface area contributed by atoms with Gasteiger partial charge in [0.25, 0.3) is 10.1 Å². The Morgan fingerprint density at radius 1 is 1.00 bits per heavy atom. The number of aliphatic hydroxyl groups excluding tert-OH is 1. The van der Waals surface area contributed by atoms with Crippen molar-refractivity contribution in [1.82, 2.24) is 0 Å². The van der Waals surface area contributed by atoms with E-state index in [2.05, 4.69) is 0 Å². The molecular formula is C21H26O7S. The monoisotopic (exact) mass is 422 g/mol. The summed E-state index contributed by atoms with van der Waals surface area (Å²) in [4.78, 5) is 0. The molecule has 0 bridgehead atoms. The van der Waals surface area contributed by atoms with Gasteiger partial charge in [-0.2, -0.15) is 8.42 Å². The number of rotatable bonds is 9. The third kappa shape index (κ3) is 4.56. The first kappa shape index (κ1) is 21.6. The van der Waals surface area contributed by atoms with Crippen molar-refractivity contribution in [3.63, 3.8) is 0 Å². The highest BCUT2D eigenvalue weighted by Gasteiger charge is 2.75. The minimum Gasteiger partial charge on any atom is -0.487 e. The lowest BCUT2D eigenvalue weighted by Gasteiger charge is -2.25. The average Bonchev–Trinajstić information content (AvgIpc) is 3.08. The topological polar surface area (TPSA) is 102 Å². The van der Waals surface area contributed by atoms with Crippen molar-refractivity contribution < 1.29 is 32.3 Å². The van der Waals surface area contributed by atoms with E-state index in [0.29, 0.717) is 18.1 Å². The van der Waals surface area contributed by atoms with E-state index >= 15 is 0 Å². The molecule has 3 rings (SSSR count). The van der Waals surface area contributed by atoms with Gasteiger partial charge in [-0.25, -0.2) is 0 Å².